The number of hydrogen-bond donors (Lipinski definition) is 1. The van der Waals surface area contributed by atoms with Crippen molar-refractivity contribution in [2.24, 2.45) is 0 Å². The molecule has 1 aromatic heterocycles. The summed E-state index contributed by atoms with van der Waals surface area (Å²) >= 11 is 0. The zero-order chi connectivity index (χ0) is 14.7. The third-order valence-electron chi connectivity index (χ3n) is 2.70. The molecule has 2 N–H and O–H groups in total. The van der Waals surface area contributed by atoms with E-state index in [1.165, 1.54) is 0 Å². The van der Waals surface area contributed by atoms with Gasteiger partial charge in [0.1, 0.15) is 28.6 Å². The van der Waals surface area contributed by atoms with Gasteiger partial charge in [0, 0.05) is 12.1 Å². The molecule has 7 nitrogen and oxygen atoms in total. The van der Waals surface area contributed by atoms with E-state index in [2.05, 4.69) is 15.0 Å². The van der Waals surface area contributed by atoms with Gasteiger partial charge in [-0.2, -0.15) is 9.97 Å². The lowest BCUT2D eigenvalue weighted by molar-refractivity contribution is 0.377. The Morgan fingerprint density at radius 2 is 1.50 bits per heavy atom. The third kappa shape index (κ3) is 2.56. The van der Waals surface area contributed by atoms with Crippen LogP contribution in [0.3, 0.4) is 0 Å². The van der Waals surface area contributed by atoms with Gasteiger partial charge in [0.05, 0.1) is 21.3 Å². The van der Waals surface area contributed by atoms with Crippen LogP contribution in [-0.4, -0.2) is 36.3 Å². The Hall–Kier alpha value is -2.57. The van der Waals surface area contributed by atoms with Crippen molar-refractivity contribution in [3.05, 3.63) is 18.0 Å². The first-order valence-corrected chi connectivity index (χ1v) is 5.87. The maximum absolute atomic E-state index is 5.67. The molecule has 0 aliphatic heterocycles. The Kier molecular flexibility index (Phi) is 3.88. The van der Waals surface area contributed by atoms with Crippen molar-refractivity contribution in [3.8, 4) is 28.6 Å². The molecule has 106 valence electrons. The lowest BCUT2D eigenvalue weighted by atomic mass is 10.1. The zero-order valence-electron chi connectivity index (χ0n) is 11.8. The molecule has 0 bridgehead atoms. The van der Waals surface area contributed by atoms with Crippen LogP contribution >= 0.6 is 0 Å². The second kappa shape index (κ2) is 5.60. The maximum atomic E-state index is 5.67. The average Bonchev–Trinajstić information content (AvgIpc) is 2.44. The Labute approximate surface area is 116 Å². The molecule has 2 aromatic rings. The molecule has 0 radical (unpaired) electrons. The minimum absolute atomic E-state index is 0.146. The zero-order valence-corrected chi connectivity index (χ0v) is 11.8. The number of hydrogen-bond acceptors (Lipinski definition) is 7. The Morgan fingerprint density at radius 1 is 0.900 bits per heavy atom. The summed E-state index contributed by atoms with van der Waals surface area (Å²) in [5, 5.41) is 0. The van der Waals surface area contributed by atoms with Gasteiger partial charge < -0.3 is 19.9 Å². The standard InChI is InChI=1S/C13H16N4O3/c1-7-15-12(17-13(14)16-7)11-9(19-3)5-8(18-2)6-10(11)20-4/h5-6H,1-4H3,(H2,14,15,16,17). The summed E-state index contributed by atoms with van der Waals surface area (Å²) < 4.78 is 15.9. The molecule has 2 rings (SSSR count). The van der Waals surface area contributed by atoms with Gasteiger partial charge in [0.2, 0.25) is 5.95 Å². The first-order valence-electron chi connectivity index (χ1n) is 5.87. The molecule has 0 unspecified atom stereocenters. The number of benzene rings is 1. The van der Waals surface area contributed by atoms with Gasteiger partial charge in [0.15, 0.2) is 5.82 Å². The van der Waals surface area contributed by atoms with Crippen LogP contribution < -0.4 is 19.9 Å². The van der Waals surface area contributed by atoms with Gasteiger partial charge >= 0.3 is 0 Å². The highest BCUT2D eigenvalue weighted by molar-refractivity contribution is 5.74. The van der Waals surface area contributed by atoms with E-state index in [4.69, 9.17) is 19.9 Å². The number of nitrogen functional groups attached to an aromatic ring is 1. The normalized spacial score (nSPS) is 10.2. The molecule has 7 heteroatoms. The van der Waals surface area contributed by atoms with Crippen LogP contribution in [0.15, 0.2) is 12.1 Å². The van der Waals surface area contributed by atoms with Gasteiger partial charge in [-0.05, 0) is 6.92 Å². The number of rotatable bonds is 4. The Balaban J connectivity index is 2.70. The number of aryl methyl sites for hydroxylation is 1. The molecule has 0 saturated heterocycles. The highest BCUT2D eigenvalue weighted by Crippen LogP contribution is 2.40. The SMILES string of the molecule is COc1cc(OC)c(-c2nc(C)nc(N)n2)c(OC)c1. The molecule has 0 aliphatic rings. The largest absolute Gasteiger partial charge is 0.496 e. The average molecular weight is 276 g/mol. The molecular weight excluding hydrogens is 260 g/mol. The van der Waals surface area contributed by atoms with Crippen molar-refractivity contribution in [2.75, 3.05) is 27.1 Å². The first kappa shape index (κ1) is 13.9. The number of nitrogens with two attached hydrogens (primary N) is 1. The Morgan fingerprint density at radius 3 is 1.95 bits per heavy atom. The number of aromatic nitrogens is 3. The van der Waals surface area contributed by atoms with E-state index in [1.807, 2.05) is 0 Å². The topological polar surface area (TPSA) is 92.4 Å². The second-order valence-corrected chi connectivity index (χ2v) is 3.97. The van der Waals surface area contributed by atoms with Crippen LogP contribution in [0.25, 0.3) is 11.4 Å². The molecular formula is C13H16N4O3. The summed E-state index contributed by atoms with van der Waals surface area (Å²) in [7, 11) is 4.67. The highest BCUT2D eigenvalue weighted by atomic mass is 16.5. The highest BCUT2D eigenvalue weighted by Gasteiger charge is 2.18. The lowest BCUT2D eigenvalue weighted by Gasteiger charge is -2.14. The fourth-order valence-electron chi connectivity index (χ4n) is 1.84. The van der Waals surface area contributed by atoms with Crippen LogP contribution in [0.2, 0.25) is 0 Å². The summed E-state index contributed by atoms with van der Waals surface area (Å²) in [5.74, 6) is 2.74. The predicted molar refractivity (Wildman–Crippen MR) is 74.1 cm³/mol. The maximum Gasteiger partial charge on any atom is 0.223 e. The molecule has 0 fully saturated rings. The van der Waals surface area contributed by atoms with Gasteiger partial charge in [-0.1, -0.05) is 0 Å². The summed E-state index contributed by atoms with van der Waals surface area (Å²) in [5.41, 5.74) is 6.27. The van der Waals surface area contributed by atoms with E-state index < -0.39 is 0 Å². The van der Waals surface area contributed by atoms with Crippen LogP contribution in [0.4, 0.5) is 5.95 Å². The van der Waals surface area contributed by atoms with Crippen molar-refractivity contribution in [1.29, 1.82) is 0 Å². The van der Waals surface area contributed by atoms with Crippen molar-refractivity contribution in [2.45, 2.75) is 6.92 Å². The summed E-state index contributed by atoms with van der Waals surface area (Å²) in [6.07, 6.45) is 0. The van der Waals surface area contributed by atoms with Crippen LogP contribution in [0, 0.1) is 6.92 Å². The van der Waals surface area contributed by atoms with Crippen molar-refractivity contribution < 1.29 is 14.2 Å². The van der Waals surface area contributed by atoms with Crippen LogP contribution in [-0.2, 0) is 0 Å². The van der Waals surface area contributed by atoms with Gasteiger partial charge in [-0.3, -0.25) is 0 Å². The quantitative estimate of drug-likeness (QED) is 0.903. The van der Waals surface area contributed by atoms with E-state index in [0.717, 1.165) is 0 Å². The molecule has 20 heavy (non-hydrogen) atoms. The third-order valence-corrected chi connectivity index (χ3v) is 2.70. The van der Waals surface area contributed by atoms with Gasteiger partial charge in [-0.15, -0.1) is 0 Å². The molecule has 0 amide bonds. The van der Waals surface area contributed by atoms with E-state index in [0.29, 0.717) is 34.5 Å². The van der Waals surface area contributed by atoms with Gasteiger partial charge in [-0.25, -0.2) is 4.98 Å². The van der Waals surface area contributed by atoms with Crippen LogP contribution in [0.5, 0.6) is 17.2 Å². The smallest absolute Gasteiger partial charge is 0.223 e. The molecule has 0 saturated carbocycles. The lowest BCUT2D eigenvalue weighted by Crippen LogP contribution is -2.04. The monoisotopic (exact) mass is 276 g/mol. The van der Waals surface area contributed by atoms with E-state index in [1.54, 1.807) is 40.4 Å². The molecule has 1 aromatic carbocycles. The Bertz CT molecular complexity index is 586. The minimum atomic E-state index is 0.146. The van der Waals surface area contributed by atoms with Crippen molar-refractivity contribution in [3.63, 3.8) is 0 Å². The molecule has 0 aliphatic carbocycles. The second-order valence-electron chi connectivity index (χ2n) is 3.97. The summed E-state index contributed by atoms with van der Waals surface area (Å²) in [6.45, 7) is 1.74. The summed E-state index contributed by atoms with van der Waals surface area (Å²) in [4.78, 5) is 12.4. The first-order chi connectivity index (χ1) is 9.58. The van der Waals surface area contributed by atoms with Crippen molar-refractivity contribution >= 4 is 5.95 Å². The summed E-state index contributed by atoms with van der Waals surface area (Å²) in [6, 6.07) is 3.46. The number of ether oxygens (including phenoxy) is 3. The van der Waals surface area contributed by atoms with Crippen LogP contribution in [0.1, 0.15) is 5.82 Å². The van der Waals surface area contributed by atoms with Gasteiger partial charge in [0.25, 0.3) is 0 Å². The molecule has 0 spiro atoms. The van der Waals surface area contributed by atoms with E-state index in [-0.39, 0.29) is 5.95 Å². The minimum Gasteiger partial charge on any atom is -0.496 e. The molecule has 1 heterocycles. The fraction of sp³-hybridized carbons (Fsp3) is 0.308. The molecule has 0 atom stereocenters. The van der Waals surface area contributed by atoms with E-state index >= 15 is 0 Å². The van der Waals surface area contributed by atoms with Crippen molar-refractivity contribution in [1.82, 2.24) is 15.0 Å². The fourth-order valence-corrected chi connectivity index (χ4v) is 1.84. The number of methoxy groups -OCH3 is 3. The van der Waals surface area contributed by atoms with E-state index in [9.17, 15) is 0 Å². The predicted octanol–water partition coefficient (Wildman–Crippen LogP) is 1.46. The number of nitrogens with zero attached hydrogens (tertiary/aromatic N) is 3. The number of anilines is 1.